The number of carbonyl (C=O) groups is 2. The van der Waals surface area contributed by atoms with Crippen LogP contribution in [-0.4, -0.2) is 71.8 Å². The Hall–Kier alpha value is -1.10. The lowest BCUT2D eigenvalue weighted by Gasteiger charge is -2.47. The fraction of sp³-hybridized carbons (Fsp3) is 0.857. The molecule has 106 valence electrons. The number of rotatable bonds is 1. The van der Waals surface area contributed by atoms with Crippen molar-refractivity contribution in [3.63, 3.8) is 0 Å². The lowest BCUT2D eigenvalue weighted by molar-refractivity contribution is -0.161. The molecule has 2 atom stereocenters. The fourth-order valence-corrected chi connectivity index (χ4v) is 3.70. The summed E-state index contributed by atoms with van der Waals surface area (Å²) in [4.78, 5) is 30.8. The summed E-state index contributed by atoms with van der Waals surface area (Å²) in [5.41, 5.74) is 0. The van der Waals surface area contributed by atoms with E-state index in [-0.39, 0.29) is 23.9 Å². The first-order valence-corrected chi connectivity index (χ1v) is 7.45. The van der Waals surface area contributed by atoms with Gasteiger partial charge >= 0.3 is 0 Å². The zero-order valence-corrected chi connectivity index (χ0v) is 11.7. The number of hydrogen-bond donors (Lipinski definition) is 0. The summed E-state index contributed by atoms with van der Waals surface area (Å²) in [7, 11) is 2.09. The Morgan fingerprint density at radius 3 is 2.63 bits per heavy atom. The maximum atomic E-state index is 12.6. The van der Waals surface area contributed by atoms with Crippen molar-refractivity contribution in [2.45, 2.75) is 44.2 Å². The molecule has 0 bridgehead atoms. The molecule has 0 aromatic heterocycles. The molecule has 0 saturated carbocycles. The van der Waals surface area contributed by atoms with Gasteiger partial charge in [-0.3, -0.25) is 9.59 Å². The van der Waals surface area contributed by atoms with Crippen molar-refractivity contribution in [3.8, 4) is 0 Å². The Balaban J connectivity index is 1.75. The normalized spacial score (nSPS) is 33.5. The minimum Gasteiger partial charge on any atom is -0.329 e. The molecule has 3 aliphatic heterocycles. The maximum Gasteiger partial charge on any atom is 0.246 e. The third kappa shape index (κ3) is 2.36. The molecule has 3 aliphatic rings. The van der Waals surface area contributed by atoms with Crippen molar-refractivity contribution in [1.29, 1.82) is 0 Å². The molecule has 2 amide bonds. The number of likely N-dealkylation sites (N-methyl/N-ethyl adjacent to an activating group) is 1. The molecule has 0 spiro atoms. The zero-order valence-electron chi connectivity index (χ0n) is 11.7. The van der Waals surface area contributed by atoms with Gasteiger partial charge in [-0.2, -0.15) is 0 Å². The third-order valence-corrected chi connectivity index (χ3v) is 4.74. The average molecular weight is 265 g/mol. The molecule has 19 heavy (non-hydrogen) atoms. The summed E-state index contributed by atoms with van der Waals surface area (Å²) in [5, 5.41) is 0. The van der Waals surface area contributed by atoms with Gasteiger partial charge in [0.1, 0.15) is 12.6 Å². The van der Waals surface area contributed by atoms with Crippen molar-refractivity contribution in [2.75, 3.05) is 33.2 Å². The minimum absolute atomic E-state index is 0.150. The number of piperazine rings is 1. The Kier molecular flexibility index (Phi) is 3.48. The summed E-state index contributed by atoms with van der Waals surface area (Å²) in [6, 6.07) is 0.0708. The number of likely N-dealkylation sites (tertiary alicyclic amines) is 1. The molecule has 3 heterocycles. The van der Waals surface area contributed by atoms with Crippen LogP contribution in [-0.2, 0) is 9.59 Å². The molecule has 0 N–H and O–H groups in total. The van der Waals surface area contributed by atoms with Crippen LogP contribution in [0.4, 0.5) is 0 Å². The topological polar surface area (TPSA) is 43.9 Å². The molecule has 3 rings (SSSR count). The average Bonchev–Trinajstić information content (AvgIpc) is 2.43. The molecule has 0 radical (unpaired) electrons. The fourth-order valence-electron chi connectivity index (χ4n) is 3.70. The van der Waals surface area contributed by atoms with E-state index in [2.05, 4.69) is 11.9 Å². The van der Waals surface area contributed by atoms with Gasteiger partial charge in [0.05, 0.1) is 0 Å². The highest BCUT2D eigenvalue weighted by atomic mass is 16.2. The minimum atomic E-state index is -0.165. The van der Waals surface area contributed by atoms with E-state index in [1.165, 1.54) is 0 Å². The van der Waals surface area contributed by atoms with E-state index in [4.69, 9.17) is 0 Å². The molecular formula is C14H23N3O2. The molecule has 2 unspecified atom stereocenters. The lowest BCUT2D eigenvalue weighted by Crippen LogP contribution is -2.64. The van der Waals surface area contributed by atoms with Gasteiger partial charge in [0.15, 0.2) is 0 Å². The van der Waals surface area contributed by atoms with Crippen molar-refractivity contribution in [2.24, 2.45) is 0 Å². The van der Waals surface area contributed by atoms with E-state index in [9.17, 15) is 9.59 Å². The maximum absolute atomic E-state index is 12.6. The highest BCUT2D eigenvalue weighted by molar-refractivity contribution is 5.95. The summed E-state index contributed by atoms with van der Waals surface area (Å²) < 4.78 is 0. The monoisotopic (exact) mass is 265 g/mol. The van der Waals surface area contributed by atoms with Crippen LogP contribution in [0.3, 0.4) is 0 Å². The van der Waals surface area contributed by atoms with E-state index < -0.39 is 0 Å². The van der Waals surface area contributed by atoms with Crippen LogP contribution in [0, 0.1) is 0 Å². The van der Waals surface area contributed by atoms with E-state index >= 15 is 0 Å². The zero-order chi connectivity index (χ0) is 13.4. The molecule has 5 nitrogen and oxygen atoms in total. The van der Waals surface area contributed by atoms with Gasteiger partial charge in [0.25, 0.3) is 0 Å². The largest absolute Gasteiger partial charge is 0.329 e. The summed E-state index contributed by atoms with van der Waals surface area (Å²) in [5.74, 6) is 0.345. The predicted octanol–water partition coefficient (Wildman–Crippen LogP) is 0.304. The number of fused-ring (bicyclic) bond motifs is 1. The molecule has 0 aromatic rings. The number of amides is 2. The van der Waals surface area contributed by atoms with Crippen molar-refractivity contribution >= 4 is 11.8 Å². The Morgan fingerprint density at radius 1 is 1.00 bits per heavy atom. The van der Waals surface area contributed by atoms with E-state index in [1.54, 1.807) is 0 Å². The van der Waals surface area contributed by atoms with Gasteiger partial charge < -0.3 is 14.7 Å². The highest BCUT2D eigenvalue weighted by Crippen LogP contribution is 2.26. The second-order valence-corrected chi connectivity index (χ2v) is 6.12. The Morgan fingerprint density at radius 2 is 1.84 bits per heavy atom. The van der Waals surface area contributed by atoms with Crippen LogP contribution in [0.2, 0.25) is 0 Å². The van der Waals surface area contributed by atoms with Gasteiger partial charge in [0.2, 0.25) is 11.8 Å². The van der Waals surface area contributed by atoms with Crippen LogP contribution in [0.1, 0.15) is 32.1 Å². The van der Waals surface area contributed by atoms with E-state index in [1.807, 2.05) is 9.80 Å². The van der Waals surface area contributed by atoms with Gasteiger partial charge in [-0.25, -0.2) is 0 Å². The van der Waals surface area contributed by atoms with Crippen molar-refractivity contribution in [1.82, 2.24) is 14.7 Å². The van der Waals surface area contributed by atoms with Crippen LogP contribution in [0.25, 0.3) is 0 Å². The molecule has 3 saturated heterocycles. The summed E-state index contributed by atoms with van der Waals surface area (Å²) >= 11 is 0. The number of nitrogens with zero attached hydrogens (tertiary/aromatic N) is 3. The second kappa shape index (κ2) is 5.12. The van der Waals surface area contributed by atoms with Crippen molar-refractivity contribution < 1.29 is 9.59 Å². The number of carbonyl (C=O) groups excluding carboxylic acids is 2. The predicted molar refractivity (Wildman–Crippen MR) is 71.6 cm³/mol. The molecular weight excluding hydrogens is 242 g/mol. The molecule has 5 heteroatoms. The quantitative estimate of drug-likeness (QED) is 0.685. The van der Waals surface area contributed by atoms with Gasteiger partial charge in [-0.15, -0.1) is 0 Å². The van der Waals surface area contributed by atoms with Gasteiger partial charge in [-0.1, -0.05) is 0 Å². The standard InChI is InChI=1S/C14H23N3O2/c1-15-7-4-5-11(9-15)17-10-13(18)16-8-3-2-6-12(16)14(17)19/h11-12H,2-10H2,1H3. The highest BCUT2D eigenvalue weighted by Gasteiger charge is 2.43. The van der Waals surface area contributed by atoms with Crippen molar-refractivity contribution in [3.05, 3.63) is 0 Å². The van der Waals surface area contributed by atoms with Crippen LogP contribution < -0.4 is 0 Å². The summed E-state index contributed by atoms with van der Waals surface area (Å²) in [6.07, 6.45) is 5.12. The first kappa shape index (κ1) is 12.9. The van der Waals surface area contributed by atoms with Gasteiger partial charge in [-0.05, 0) is 45.7 Å². The smallest absolute Gasteiger partial charge is 0.246 e. The van der Waals surface area contributed by atoms with Gasteiger partial charge in [0, 0.05) is 19.1 Å². The van der Waals surface area contributed by atoms with Crippen LogP contribution in [0.15, 0.2) is 0 Å². The first-order chi connectivity index (χ1) is 9.16. The first-order valence-electron chi connectivity index (χ1n) is 7.45. The van der Waals surface area contributed by atoms with E-state index in [0.29, 0.717) is 6.54 Å². The SMILES string of the molecule is CN1CCCC(N2CC(=O)N3CCCCC3C2=O)C1. The third-order valence-electron chi connectivity index (χ3n) is 4.74. The lowest BCUT2D eigenvalue weighted by atomic mass is 9.95. The van der Waals surface area contributed by atoms with E-state index in [0.717, 1.165) is 51.7 Å². The number of piperidine rings is 2. The Bertz CT molecular complexity index is 385. The molecule has 0 aromatic carbocycles. The second-order valence-electron chi connectivity index (χ2n) is 6.12. The summed E-state index contributed by atoms with van der Waals surface area (Å²) in [6.45, 7) is 3.08. The molecule has 0 aliphatic carbocycles. The van der Waals surface area contributed by atoms with Crippen LogP contribution >= 0.6 is 0 Å². The Labute approximate surface area is 114 Å². The van der Waals surface area contributed by atoms with Crippen LogP contribution in [0.5, 0.6) is 0 Å². The molecule has 3 fully saturated rings. The number of hydrogen-bond acceptors (Lipinski definition) is 3.